The second-order valence-electron chi connectivity index (χ2n) is 7.23. The van der Waals surface area contributed by atoms with Crippen LogP contribution in [0, 0.1) is 34.6 Å². The number of rotatable bonds is 4. The molecule has 29 heavy (non-hydrogen) atoms. The summed E-state index contributed by atoms with van der Waals surface area (Å²) in [5.74, 6) is 0.407. The van der Waals surface area contributed by atoms with Crippen LogP contribution in [0.25, 0.3) is 16.2 Å². The number of hydrogen-bond donors (Lipinski definition) is 1. The first-order valence-corrected chi connectivity index (χ1v) is 10.2. The van der Waals surface area contributed by atoms with Crippen LogP contribution in [0.4, 0.5) is 5.13 Å². The van der Waals surface area contributed by atoms with Gasteiger partial charge < -0.3 is 5.32 Å². The monoisotopic (exact) mass is 406 g/mol. The van der Waals surface area contributed by atoms with Gasteiger partial charge in [0.25, 0.3) is 5.95 Å². The lowest BCUT2D eigenvalue weighted by Gasteiger charge is -2.06. The van der Waals surface area contributed by atoms with E-state index in [9.17, 15) is 4.79 Å². The molecular formula is C21H22N6OS. The predicted molar refractivity (Wildman–Crippen MR) is 115 cm³/mol. The molecule has 3 aromatic heterocycles. The van der Waals surface area contributed by atoms with Crippen molar-refractivity contribution in [3.8, 4) is 5.95 Å². The summed E-state index contributed by atoms with van der Waals surface area (Å²) in [7, 11) is 0. The maximum Gasteiger partial charge on any atom is 0.251 e. The third-order valence-electron chi connectivity index (χ3n) is 4.73. The summed E-state index contributed by atoms with van der Waals surface area (Å²) in [6.45, 7) is 9.73. The van der Waals surface area contributed by atoms with Gasteiger partial charge in [0.15, 0.2) is 5.13 Å². The van der Waals surface area contributed by atoms with Crippen LogP contribution >= 0.6 is 11.3 Å². The summed E-state index contributed by atoms with van der Waals surface area (Å²) in [6, 6.07) is 7.98. The normalized spacial score (nSPS) is 11.2. The summed E-state index contributed by atoms with van der Waals surface area (Å²) in [4.78, 5) is 26.1. The number of aryl methyl sites for hydroxylation is 4. The molecule has 3 heterocycles. The molecule has 4 aromatic rings. The maximum absolute atomic E-state index is 12.7. The largest absolute Gasteiger partial charge is 0.302 e. The van der Waals surface area contributed by atoms with Gasteiger partial charge in [-0.25, -0.2) is 19.6 Å². The number of amides is 1. The van der Waals surface area contributed by atoms with Crippen molar-refractivity contribution < 1.29 is 4.79 Å². The first kappa shape index (κ1) is 19.2. The molecule has 0 saturated carbocycles. The van der Waals surface area contributed by atoms with Crippen LogP contribution in [0.3, 0.4) is 0 Å². The third kappa shape index (κ3) is 3.88. The molecular weight excluding hydrogens is 384 g/mol. The predicted octanol–water partition coefficient (Wildman–Crippen LogP) is 4.00. The number of thiazole rings is 1. The number of nitrogens with one attached hydrogen (secondary N) is 1. The lowest BCUT2D eigenvalue weighted by atomic mass is 10.1. The van der Waals surface area contributed by atoms with Gasteiger partial charge in [0.2, 0.25) is 5.91 Å². The summed E-state index contributed by atoms with van der Waals surface area (Å²) in [5.41, 5.74) is 6.36. The van der Waals surface area contributed by atoms with Gasteiger partial charge in [-0.3, -0.25) is 4.79 Å². The van der Waals surface area contributed by atoms with Gasteiger partial charge in [-0.2, -0.15) is 5.10 Å². The van der Waals surface area contributed by atoms with E-state index < -0.39 is 0 Å². The highest BCUT2D eigenvalue weighted by Crippen LogP contribution is 2.27. The number of anilines is 1. The van der Waals surface area contributed by atoms with Crippen LogP contribution in [0.15, 0.2) is 24.3 Å². The van der Waals surface area contributed by atoms with E-state index in [4.69, 9.17) is 0 Å². The zero-order valence-corrected chi connectivity index (χ0v) is 17.9. The van der Waals surface area contributed by atoms with E-state index in [1.807, 2.05) is 52.8 Å². The molecule has 0 unspecified atom stereocenters. The second kappa shape index (κ2) is 7.36. The van der Waals surface area contributed by atoms with Crippen LogP contribution in [0.5, 0.6) is 0 Å². The fourth-order valence-electron chi connectivity index (χ4n) is 3.34. The van der Waals surface area contributed by atoms with Gasteiger partial charge >= 0.3 is 0 Å². The number of carbonyl (C=O) groups excluding carboxylic acids is 1. The number of fused-ring (bicyclic) bond motifs is 1. The lowest BCUT2D eigenvalue weighted by molar-refractivity contribution is -0.115. The zero-order valence-electron chi connectivity index (χ0n) is 17.1. The Bertz CT molecular complexity index is 1220. The van der Waals surface area contributed by atoms with Gasteiger partial charge in [0.1, 0.15) is 0 Å². The molecule has 0 aliphatic carbocycles. The Labute approximate surface area is 172 Å². The number of carbonyl (C=O) groups is 1. The molecule has 0 atom stereocenters. The van der Waals surface area contributed by atoms with E-state index in [1.54, 1.807) is 4.68 Å². The Morgan fingerprint density at radius 3 is 2.48 bits per heavy atom. The van der Waals surface area contributed by atoms with Gasteiger partial charge in [0.05, 0.1) is 22.3 Å². The minimum Gasteiger partial charge on any atom is -0.302 e. The van der Waals surface area contributed by atoms with E-state index in [-0.39, 0.29) is 12.3 Å². The van der Waals surface area contributed by atoms with Crippen molar-refractivity contribution in [2.24, 2.45) is 0 Å². The topological polar surface area (TPSA) is 85.6 Å². The second-order valence-corrected chi connectivity index (χ2v) is 8.26. The Morgan fingerprint density at radius 1 is 1.03 bits per heavy atom. The summed E-state index contributed by atoms with van der Waals surface area (Å²) in [5, 5.41) is 8.09. The molecule has 0 aliphatic heterocycles. The maximum atomic E-state index is 12.7. The van der Waals surface area contributed by atoms with Crippen molar-refractivity contribution in [2.45, 2.75) is 41.0 Å². The molecule has 1 aromatic carbocycles. The minimum absolute atomic E-state index is 0.118. The van der Waals surface area contributed by atoms with Crippen molar-refractivity contribution in [3.63, 3.8) is 0 Å². The van der Waals surface area contributed by atoms with Crippen molar-refractivity contribution in [3.05, 3.63) is 58.2 Å². The van der Waals surface area contributed by atoms with Crippen LogP contribution in [-0.2, 0) is 11.2 Å². The number of benzene rings is 1. The molecule has 7 nitrogen and oxygen atoms in total. The SMILES string of the molecule is Cc1ccc2nc(NC(=O)Cc3c(C)nn(-c4nc(C)cc(C)n4)c3C)sc2c1. The Morgan fingerprint density at radius 2 is 1.76 bits per heavy atom. The Kier molecular flexibility index (Phi) is 4.87. The number of aromatic nitrogens is 5. The minimum atomic E-state index is -0.118. The molecule has 0 bridgehead atoms. The molecule has 1 N–H and O–H groups in total. The van der Waals surface area contributed by atoms with Crippen molar-refractivity contribution in [1.82, 2.24) is 24.7 Å². The number of hydrogen-bond acceptors (Lipinski definition) is 6. The molecule has 0 aliphatic rings. The highest BCUT2D eigenvalue weighted by Gasteiger charge is 2.18. The molecule has 4 rings (SSSR count). The van der Waals surface area contributed by atoms with Crippen molar-refractivity contribution >= 4 is 32.6 Å². The van der Waals surface area contributed by atoms with Crippen LogP contribution < -0.4 is 5.32 Å². The first-order chi connectivity index (χ1) is 13.8. The van der Waals surface area contributed by atoms with E-state index in [2.05, 4.69) is 31.4 Å². The molecule has 8 heteroatoms. The van der Waals surface area contributed by atoms with E-state index in [1.165, 1.54) is 16.9 Å². The average molecular weight is 407 g/mol. The first-order valence-electron chi connectivity index (χ1n) is 9.35. The fourth-order valence-corrected chi connectivity index (χ4v) is 4.32. The van der Waals surface area contributed by atoms with Gasteiger partial charge in [-0.1, -0.05) is 17.4 Å². The van der Waals surface area contributed by atoms with Gasteiger partial charge in [-0.15, -0.1) is 0 Å². The van der Waals surface area contributed by atoms with E-state index in [0.717, 1.165) is 38.6 Å². The summed E-state index contributed by atoms with van der Waals surface area (Å²) < 4.78 is 2.77. The van der Waals surface area contributed by atoms with Gasteiger partial charge in [-0.05, 0) is 58.4 Å². The Balaban J connectivity index is 1.57. The smallest absolute Gasteiger partial charge is 0.251 e. The highest BCUT2D eigenvalue weighted by molar-refractivity contribution is 7.22. The zero-order chi connectivity index (χ0) is 20.7. The standard InChI is InChI=1S/C21H22N6OS/c1-11-6-7-17-18(8-11)29-21(24-17)25-19(28)10-16-14(4)26-27(15(16)5)20-22-12(2)9-13(3)23-20/h6-9H,10H2,1-5H3,(H,24,25,28). The fraction of sp³-hybridized carbons (Fsp3) is 0.286. The highest BCUT2D eigenvalue weighted by atomic mass is 32.1. The van der Waals surface area contributed by atoms with Crippen LogP contribution in [0.2, 0.25) is 0 Å². The molecule has 0 saturated heterocycles. The van der Waals surface area contributed by atoms with Crippen molar-refractivity contribution in [2.75, 3.05) is 5.32 Å². The number of nitrogens with zero attached hydrogens (tertiary/aromatic N) is 5. The summed E-state index contributed by atoms with van der Waals surface area (Å²) >= 11 is 1.48. The molecule has 0 fully saturated rings. The molecule has 148 valence electrons. The Hall–Kier alpha value is -3.13. The average Bonchev–Trinajstić information content (AvgIpc) is 3.15. The molecule has 0 spiro atoms. The third-order valence-corrected chi connectivity index (χ3v) is 5.66. The van der Waals surface area contributed by atoms with E-state index in [0.29, 0.717) is 11.1 Å². The lowest BCUT2D eigenvalue weighted by Crippen LogP contribution is -2.15. The molecule has 1 amide bonds. The van der Waals surface area contributed by atoms with Crippen LogP contribution in [-0.4, -0.2) is 30.6 Å². The quantitative estimate of drug-likeness (QED) is 0.554. The van der Waals surface area contributed by atoms with E-state index >= 15 is 0 Å². The van der Waals surface area contributed by atoms with Crippen LogP contribution in [0.1, 0.15) is 33.9 Å². The summed E-state index contributed by atoms with van der Waals surface area (Å²) in [6.07, 6.45) is 0.220. The van der Waals surface area contributed by atoms with Gasteiger partial charge in [0, 0.05) is 22.6 Å². The van der Waals surface area contributed by atoms with Crippen molar-refractivity contribution in [1.29, 1.82) is 0 Å². The molecule has 0 radical (unpaired) electrons.